The normalized spacial score (nSPS) is 16.3. The fourth-order valence-electron chi connectivity index (χ4n) is 0.136. The summed E-state index contributed by atoms with van der Waals surface area (Å²) >= 11 is 0. The molecule has 0 spiro atoms. The Kier molecular flexibility index (Phi) is 1.88. The third-order valence-corrected chi connectivity index (χ3v) is 0.854. The van der Waals surface area contributed by atoms with Crippen molar-refractivity contribution in [1.29, 1.82) is 0 Å². The first-order valence-corrected chi connectivity index (χ1v) is 2.31. The first-order valence-electron chi connectivity index (χ1n) is 2.81. The molecule has 0 amide bonds. The Balaban J connectivity index is 3.64. The second-order valence-electron chi connectivity index (χ2n) is 1.89. The second-order valence-corrected chi connectivity index (χ2v) is 1.89. The maximum atomic E-state index is 10.1. The minimum absolute atomic E-state index is 0.0833. The van der Waals surface area contributed by atoms with Crippen LogP contribution in [0.15, 0.2) is 0 Å². The topological polar surface area (TPSA) is 43.1 Å². The molecule has 0 saturated heterocycles. The Hall–Kier alpha value is -0.370. The van der Waals surface area contributed by atoms with Crippen molar-refractivity contribution in [1.82, 2.24) is 0 Å². The first kappa shape index (κ1) is 4.78. The van der Waals surface area contributed by atoms with Crippen LogP contribution < -0.4 is 5.73 Å². The lowest BCUT2D eigenvalue weighted by molar-refractivity contribution is -0.109. The van der Waals surface area contributed by atoms with Crippen molar-refractivity contribution in [3.8, 4) is 0 Å². The number of nitrogens with two attached hydrogens (primary N) is 1. The summed E-state index contributed by atoms with van der Waals surface area (Å²) in [5.74, 6) is 0.0833. The zero-order chi connectivity index (χ0) is 6.73. The van der Waals surface area contributed by atoms with Crippen LogP contribution in [0, 0.1) is 5.92 Å². The number of aldehydes is 1. The van der Waals surface area contributed by atoms with Gasteiger partial charge in [0.25, 0.3) is 0 Å². The van der Waals surface area contributed by atoms with Crippen LogP contribution in [0.25, 0.3) is 0 Å². The van der Waals surface area contributed by atoms with Crippen molar-refractivity contribution in [3.63, 3.8) is 0 Å². The van der Waals surface area contributed by atoms with Crippen molar-refractivity contribution in [2.24, 2.45) is 11.7 Å². The van der Waals surface area contributed by atoms with Crippen molar-refractivity contribution in [2.45, 2.75) is 19.9 Å². The van der Waals surface area contributed by atoms with E-state index in [1.54, 1.807) is 0 Å². The standard InChI is InChI=1S/C5H11NO/c1-4(2)5(6)3-7/h3-5H,6H2,1-2H3/t5-/m1/s1/i3D. The molecule has 2 nitrogen and oxygen atoms in total. The van der Waals surface area contributed by atoms with E-state index in [-0.39, 0.29) is 5.92 Å². The molecule has 42 valence electrons. The zero-order valence-electron chi connectivity index (χ0n) is 5.64. The maximum Gasteiger partial charge on any atom is 0.136 e. The summed E-state index contributed by atoms with van der Waals surface area (Å²) in [4.78, 5) is 10.1. The summed E-state index contributed by atoms with van der Waals surface area (Å²) in [5, 5.41) is 0. The van der Waals surface area contributed by atoms with Crippen LogP contribution in [0.1, 0.15) is 15.2 Å². The van der Waals surface area contributed by atoms with E-state index in [4.69, 9.17) is 7.10 Å². The van der Waals surface area contributed by atoms with E-state index in [0.29, 0.717) is 0 Å². The highest BCUT2D eigenvalue weighted by Crippen LogP contribution is 1.92. The molecule has 2 heteroatoms. The maximum absolute atomic E-state index is 10.1. The SMILES string of the molecule is [2H]C(=O)[C@@H](N)C(C)C. The van der Waals surface area contributed by atoms with Crippen LogP contribution in [-0.2, 0) is 4.79 Å². The second kappa shape index (κ2) is 2.75. The van der Waals surface area contributed by atoms with Crippen LogP contribution in [0.2, 0.25) is 0 Å². The highest BCUT2D eigenvalue weighted by molar-refractivity contribution is 5.57. The van der Waals surface area contributed by atoms with E-state index in [2.05, 4.69) is 0 Å². The van der Waals surface area contributed by atoms with E-state index in [1.807, 2.05) is 13.8 Å². The van der Waals surface area contributed by atoms with E-state index < -0.39 is 12.3 Å². The van der Waals surface area contributed by atoms with Gasteiger partial charge < -0.3 is 10.5 Å². The predicted octanol–water partition coefficient (Wildman–Crippen LogP) is 0.169. The molecule has 0 aromatic carbocycles. The van der Waals surface area contributed by atoms with Gasteiger partial charge in [-0.2, -0.15) is 0 Å². The van der Waals surface area contributed by atoms with Crippen molar-refractivity contribution in [2.75, 3.05) is 0 Å². The summed E-state index contributed by atoms with van der Waals surface area (Å²) in [6, 6.07) is -0.602. The minimum atomic E-state index is -0.681. The van der Waals surface area contributed by atoms with Gasteiger partial charge in [-0.1, -0.05) is 13.8 Å². The average Bonchev–Trinajstić information content (AvgIpc) is 1.64. The van der Waals surface area contributed by atoms with Gasteiger partial charge in [0, 0.05) is 0 Å². The molecule has 0 fully saturated rings. The van der Waals surface area contributed by atoms with Gasteiger partial charge in [0.05, 0.1) is 6.04 Å². The fraction of sp³-hybridized carbons (Fsp3) is 0.800. The molecular weight excluding hydrogens is 90.1 g/mol. The lowest BCUT2D eigenvalue weighted by atomic mass is 10.1. The zero-order valence-corrected chi connectivity index (χ0v) is 4.64. The summed E-state index contributed by atoms with van der Waals surface area (Å²) < 4.78 is 6.55. The molecule has 0 aromatic rings. The summed E-state index contributed by atoms with van der Waals surface area (Å²) in [6.07, 6.45) is -0.681. The van der Waals surface area contributed by atoms with E-state index in [9.17, 15) is 4.79 Å². The molecule has 1 atom stereocenters. The largest absolute Gasteiger partial charge is 0.322 e. The van der Waals surface area contributed by atoms with E-state index >= 15 is 0 Å². The van der Waals surface area contributed by atoms with Crippen LogP contribution in [0.3, 0.4) is 0 Å². The van der Waals surface area contributed by atoms with Crippen molar-refractivity contribution >= 4 is 6.26 Å². The lowest BCUT2D eigenvalue weighted by Gasteiger charge is -2.04. The van der Waals surface area contributed by atoms with E-state index in [0.717, 1.165) is 0 Å². The third kappa shape index (κ3) is 2.34. The van der Waals surface area contributed by atoms with Crippen LogP contribution in [0.4, 0.5) is 0 Å². The third-order valence-electron chi connectivity index (χ3n) is 0.854. The predicted molar refractivity (Wildman–Crippen MR) is 28.9 cm³/mol. The van der Waals surface area contributed by atoms with Gasteiger partial charge in [-0.3, -0.25) is 0 Å². The summed E-state index contributed by atoms with van der Waals surface area (Å²) in [7, 11) is 0. The Morgan fingerprint density at radius 3 is 2.29 bits per heavy atom. The molecule has 0 aromatic heterocycles. The Bertz CT molecular complexity index is 92.4. The molecule has 0 saturated carbocycles. The van der Waals surface area contributed by atoms with Gasteiger partial charge in [0.2, 0.25) is 0 Å². The molecule has 0 bridgehead atoms. The number of rotatable bonds is 2. The molecular formula is C5H11NO. The summed E-state index contributed by atoms with van der Waals surface area (Å²) in [6.45, 7) is 3.63. The average molecular weight is 102 g/mol. The van der Waals surface area contributed by atoms with Gasteiger partial charge >= 0.3 is 0 Å². The van der Waals surface area contributed by atoms with Crippen molar-refractivity contribution in [3.05, 3.63) is 0 Å². The van der Waals surface area contributed by atoms with E-state index in [1.165, 1.54) is 0 Å². The van der Waals surface area contributed by atoms with Gasteiger partial charge in [0.1, 0.15) is 7.63 Å². The molecule has 0 aliphatic rings. The summed E-state index contributed by atoms with van der Waals surface area (Å²) in [5.41, 5.74) is 5.22. The Labute approximate surface area is 45.1 Å². The highest BCUT2D eigenvalue weighted by Gasteiger charge is 2.02. The smallest absolute Gasteiger partial charge is 0.136 e. The van der Waals surface area contributed by atoms with Crippen LogP contribution in [0.5, 0.6) is 0 Å². The highest BCUT2D eigenvalue weighted by atomic mass is 16.1. The van der Waals surface area contributed by atoms with Crippen LogP contribution in [-0.4, -0.2) is 12.3 Å². The fourth-order valence-corrected chi connectivity index (χ4v) is 0.136. The number of hydrogen-bond acceptors (Lipinski definition) is 2. The monoisotopic (exact) mass is 102 g/mol. The Morgan fingerprint density at radius 1 is 1.86 bits per heavy atom. The van der Waals surface area contributed by atoms with Gasteiger partial charge in [0.15, 0.2) is 0 Å². The van der Waals surface area contributed by atoms with Gasteiger partial charge in [-0.05, 0) is 5.92 Å². The molecule has 0 radical (unpaired) electrons. The number of carbonyl (C=O) groups excluding carboxylic acids is 1. The van der Waals surface area contributed by atoms with Crippen molar-refractivity contribution < 1.29 is 6.17 Å². The van der Waals surface area contributed by atoms with Crippen LogP contribution >= 0.6 is 0 Å². The molecule has 2 N–H and O–H groups in total. The molecule has 0 aliphatic carbocycles. The molecule has 0 aliphatic heterocycles. The lowest BCUT2D eigenvalue weighted by Crippen LogP contribution is -2.27. The van der Waals surface area contributed by atoms with Gasteiger partial charge in [-0.15, -0.1) is 0 Å². The number of hydrogen-bond donors (Lipinski definition) is 1. The minimum Gasteiger partial charge on any atom is -0.322 e. The number of carbonyl (C=O) groups is 1. The Morgan fingerprint density at radius 2 is 2.29 bits per heavy atom. The van der Waals surface area contributed by atoms with Gasteiger partial charge in [-0.25, -0.2) is 0 Å². The molecule has 0 rings (SSSR count). The first-order chi connectivity index (χ1) is 3.55. The molecule has 7 heavy (non-hydrogen) atoms. The molecule has 0 unspecified atom stereocenters. The quantitative estimate of drug-likeness (QED) is 0.505. The molecule has 0 heterocycles.